The standard InChI is InChI=1S/C29H22N6O3/c36-28-21-22(29(37)33(28)17-10-4-1-5-11-17)27-25-23(26(21)38-27)24(32-34(25)18-12-6-2-7-13-18)20-16-30-35(31-20)19-14-8-3-9-15-19/h1-16,21-23,25-27H/t21-,22+,23+,25-,26-,27+/m1/s1. The van der Waals surface area contributed by atoms with Gasteiger partial charge in [0, 0.05) is 0 Å². The second-order valence-electron chi connectivity index (χ2n) is 10.0. The normalized spacial score (nSPS) is 29.1. The molecule has 0 saturated carbocycles. The zero-order chi connectivity index (χ0) is 25.4. The van der Waals surface area contributed by atoms with Gasteiger partial charge in [0.2, 0.25) is 11.8 Å². The van der Waals surface area contributed by atoms with Crippen LogP contribution in [0.2, 0.25) is 0 Å². The minimum Gasteiger partial charge on any atom is -0.370 e. The number of fused-ring (bicyclic) bond motifs is 8. The van der Waals surface area contributed by atoms with E-state index in [1.807, 2.05) is 83.9 Å². The van der Waals surface area contributed by atoms with Gasteiger partial charge in [-0.05, 0) is 36.4 Å². The molecule has 0 aliphatic carbocycles. The lowest BCUT2D eigenvalue weighted by Gasteiger charge is -2.32. The molecular weight excluding hydrogens is 480 g/mol. The van der Waals surface area contributed by atoms with Gasteiger partial charge in [-0.2, -0.15) is 15.0 Å². The SMILES string of the molecule is O=C1[C@@H]2[C@@H]3O[C@@H]([C@H]4C(c5cnn(-c6ccccc6)n5)=NN(c5ccccc5)[C@@H]34)[C@@H]2C(=O)N1c1ccccc1. The number of rotatable bonds is 4. The molecule has 0 unspecified atom stereocenters. The van der Waals surface area contributed by atoms with Crippen molar-refractivity contribution in [1.29, 1.82) is 0 Å². The largest absolute Gasteiger partial charge is 0.370 e. The Morgan fingerprint density at radius 1 is 0.658 bits per heavy atom. The van der Waals surface area contributed by atoms with Crippen LogP contribution < -0.4 is 9.91 Å². The molecule has 0 spiro atoms. The van der Waals surface area contributed by atoms with Gasteiger partial charge < -0.3 is 4.74 Å². The first-order chi connectivity index (χ1) is 18.7. The van der Waals surface area contributed by atoms with Crippen molar-refractivity contribution >= 4 is 28.9 Å². The molecule has 2 bridgehead atoms. The second kappa shape index (κ2) is 7.93. The van der Waals surface area contributed by atoms with Gasteiger partial charge in [-0.3, -0.25) is 14.6 Å². The summed E-state index contributed by atoms with van der Waals surface area (Å²) in [5.41, 5.74) is 3.70. The molecule has 9 nitrogen and oxygen atoms in total. The Bertz CT molecular complexity index is 1590. The number of aromatic nitrogens is 3. The molecule has 5 heterocycles. The predicted octanol–water partition coefficient (Wildman–Crippen LogP) is 3.06. The van der Waals surface area contributed by atoms with Crippen molar-refractivity contribution in [3.8, 4) is 5.69 Å². The highest BCUT2D eigenvalue weighted by Gasteiger charge is 2.72. The summed E-state index contributed by atoms with van der Waals surface area (Å²) in [6.45, 7) is 0. The predicted molar refractivity (Wildman–Crippen MR) is 139 cm³/mol. The molecule has 0 N–H and O–H groups in total. The molecule has 3 saturated heterocycles. The van der Waals surface area contributed by atoms with Gasteiger partial charge in [0.1, 0.15) is 5.69 Å². The van der Waals surface area contributed by atoms with Crippen LogP contribution in [0.4, 0.5) is 11.4 Å². The smallest absolute Gasteiger partial charge is 0.240 e. The van der Waals surface area contributed by atoms with Crippen LogP contribution in [-0.2, 0) is 14.3 Å². The Kier molecular flexibility index (Phi) is 4.48. The number of anilines is 2. The number of carbonyl (C=O) groups excluding carboxylic acids is 2. The molecule has 0 radical (unpaired) electrons. The summed E-state index contributed by atoms with van der Waals surface area (Å²) in [6.07, 6.45) is 0.763. The third-order valence-corrected chi connectivity index (χ3v) is 8.07. The summed E-state index contributed by atoms with van der Waals surface area (Å²) < 4.78 is 6.48. The summed E-state index contributed by atoms with van der Waals surface area (Å²) in [4.78, 5) is 30.3. The molecule has 2 amide bonds. The molecule has 186 valence electrons. The maximum absolute atomic E-state index is 13.7. The number of nitrogens with zero attached hydrogens (tertiary/aromatic N) is 6. The van der Waals surface area contributed by atoms with Gasteiger partial charge in [-0.25, -0.2) is 4.90 Å². The fraction of sp³-hybridized carbons (Fsp3) is 0.207. The monoisotopic (exact) mass is 502 g/mol. The first-order valence-electron chi connectivity index (χ1n) is 12.7. The average molecular weight is 503 g/mol. The van der Waals surface area contributed by atoms with E-state index in [2.05, 4.69) is 5.10 Å². The van der Waals surface area contributed by atoms with E-state index in [-0.39, 0.29) is 23.8 Å². The number of hydrazone groups is 1. The minimum absolute atomic E-state index is 0.200. The van der Waals surface area contributed by atoms with Crippen molar-refractivity contribution in [1.82, 2.24) is 15.0 Å². The Labute approximate surface area is 217 Å². The fourth-order valence-electron chi connectivity index (χ4n) is 6.54. The number of benzene rings is 3. The maximum atomic E-state index is 13.7. The number of hydrogen-bond acceptors (Lipinski definition) is 7. The van der Waals surface area contributed by atoms with Crippen molar-refractivity contribution in [3.63, 3.8) is 0 Å². The van der Waals surface area contributed by atoms with E-state index in [0.717, 1.165) is 17.1 Å². The van der Waals surface area contributed by atoms with Crippen LogP contribution in [0.1, 0.15) is 5.69 Å². The van der Waals surface area contributed by atoms with Gasteiger partial charge in [0.15, 0.2) is 0 Å². The quantitative estimate of drug-likeness (QED) is 0.399. The van der Waals surface area contributed by atoms with Crippen molar-refractivity contribution in [3.05, 3.63) is 103 Å². The summed E-state index contributed by atoms with van der Waals surface area (Å²) in [5, 5.41) is 16.2. The van der Waals surface area contributed by atoms with Crippen LogP contribution in [0.5, 0.6) is 0 Å². The molecule has 1 aromatic heterocycles. The number of para-hydroxylation sites is 3. The topological polar surface area (TPSA) is 92.9 Å². The van der Waals surface area contributed by atoms with E-state index in [1.165, 1.54) is 4.90 Å². The average Bonchev–Trinajstić information content (AvgIpc) is 3.77. The van der Waals surface area contributed by atoms with E-state index in [9.17, 15) is 9.59 Å². The molecule has 4 aliphatic heterocycles. The molecule has 3 aromatic carbocycles. The zero-order valence-electron chi connectivity index (χ0n) is 20.1. The van der Waals surface area contributed by atoms with Crippen molar-refractivity contribution < 1.29 is 14.3 Å². The first kappa shape index (κ1) is 21.5. The molecular formula is C29H22N6O3. The lowest BCUT2D eigenvalue weighted by Crippen LogP contribution is -2.50. The number of ether oxygens (including phenoxy) is 1. The Balaban J connectivity index is 1.21. The van der Waals surface area contributed by atoms with Crippen LogP contribution in [0.25, 0.3) is 5.69 Å². The fourth-order valence-corrected chi connectivity index (χ4v) is 6.54. The van der Waals surface area contributed by atoms with E-state index in [4.69, 9.17) is 14.9 Å². The number of imide groups is 1. The molecule has 38 heavy (non-hydrogen) atoms. The lowest BCUT2D eigenvalue weighted by molar-refractivity contribution is -0.125. The van der Waals surface area contributed by atoms with Gasteiger partial charge in [-0.15, -0.1) is 5.10 Å². The summed E-state index contributed by atoms with van der Waals surface area (Å²) in [6, 6.07) is 28.4. The van der Waals surface area contributed by atoms with E-state index in [0.29, 0.717) is 11.4 Å². The second-order valence-corrected chi connectivity index (χ2v) is 10.0. The maximum Gasteiger partial charge on any atom is 0.240 e. The Hall–Kier alpha value is -4.63. The summed E-state index contributed by atoms with van der Waals surface area (Å²) in [5.74, 6) is -1.74. The highest BCUT2D eigenvalue weighted by atomic mass is 16.5. The molecule has 4 aromatic rings. The molecule has 9 heteroatoms. The van der Waals surface area contributed by atoms with Crippen LogP contribution in [0.15, 0.2) is 102 Å². The molecule has 8 rings (SSSR count). The van der Waals surface area contributed by atoms with Crippen molar-refractivity contribution in [2.24, 2.45) is 22.9 Å². The zero-order valence-corrected chi connectivity index (χ0v) is 20.1. The van der Waals surface area contributed by atoms with Gasteiger partial charge in [0.25, 0.3) is 0 Å². The third kappa shape index (κ3) is 2.87. The first-order valence-corrected chi connectivity index (χ1v) is 12.7. The van der Waals surface area contributed by atoms with Crippen LogP contribution in [0, 0.1) is 17.8 Å². The van der Waals surface area contributed by atoms with Crippen LogP contribution >= 0.6 is 0 Å². The van der Waals surface area contributed by atoms with E-state index in [1.54, 1.807) is 23.1 Å². The van der Waals surface area contributed by atoms with Crippen LogP contribution in [0.3, 0.4) is 0 Å². The molecule has 6 atom stereocenters. The third-order valence-electron chi connectivity index (χ3n) is 8.07. The summed E-state index contributed by atoms with van der Waals surface area (Å²) >= 11 is 0. The van der Waals surface area contributed by atoms with E-state index < -0.39 is 24.0 Å². The Morgan fingerprint density at radius 3 is 1.89 bits per heavy atom. The lowest BCUT2D eigenvalue weighted by atomic mass is 9.70. The summed E-state index contributed by atoms with van der Waals surface area (Å²) in [7, 11) is 0. The van der Waals surface area contributed by atoms with Crippen molar-refractivity contribution in [2.45, 2.75) is 18.2 Å². The number of carbonyl (C=O) groups is 2. The van der Waals surface area contributed by atoms with Gasteiger partial charge >= 0.3 is 0 Å². The minimum atomic E-state index is -0.556. The Morgan fingerprint density at radius 2 is 1.24 bits per heavy atom. The van der Waals surface area contributed by atoms with E-state index >= 15 is 0 Å². The van der Waals surface area contributed by atoms with Crippen molar-refractivity contribution in [2.75, 3.05) is 9.91 Å². The number of hydrogen-bond donors (Lipinski definition) is 0. The van der Waals surface area contributed by atoms with Crippen LogP contribution in [-0.4, -0.2) is 50.8 Å². The van der Waals surface area contributed by atoms with Gasteiger partial charge in [-0.1, -0.05) is 54.6 Å². The molecule has 3 fully saturated rings. The van der Waals surface area contributed by atoms with Gasteiger partial charge in [0.05, 0.1) is 65.0 Å². The highest BCUT2D eigenvalue weighted by molar-refractivity contribution is 6.23. The highest BCUT2D eigenvalue weighted by Crippen LogP contribution is 2.56. The molecule has 4 aliphatic rings. The number of amides is 2.